The molecule has 0 fully saturated rings. The van der Waals surface area contributed by atoms with Crippen molar-refractivity contribution in [3.05, 3.63) is 59.0 Å². The number of hydrogen-bond donors (Lipinski definition) is 2. The second-order valence-corrected chi connectivity index (χ2v) is 5.50. The van der Waals surface area contributed by atoms with Crippen molar-refractivity contribution >= 4 is 28.8 Å². The average molecular weight is 366 g/mol. The van der Waals surface area contributed by atoms with Gasteiger partial charge in [0, 0.05) is 18.0 Å². The van der Waals surface area contributed by atoms with E-state index < -0.39 is 4.92 Å². The van der Waals surface area contributed by atoms with Crippen LogP contribution in [0.25, 0.3) is 0 Å². The number of pyridine rings is 1. The fourth-order valence-electron chi connectivity index (χ4n) is 2.55. The first-order valence-electron chi connectivity index (χ1n) is 8.05. The lowest BCUT2D eigenvalue weighted by Gasteiger charge is -2.19. The van der Waals surface area contributed by atoms with Gasteiger partial charge in [0.1, 0.15) is 25.4 Å². The quantitative estimate of drug-likeness (QED) is 0.518. The molecular formula is C17H14N6O4. The van der Waals surface area contributed by atoms with Gasteiger partial charge in [-0.05, 0) is 24.3 Å². The molecule has 1 aliphatic heterocycles. The topological polar surface area (TPSA) is 124 Å². The van der Waals surface area contributed by atoms with Crippen molar-refractivity contribution in [3.8, 4) is 11.5 Å². The van der Waals surface area contributed by atoms with Crippen LogP contribution in [-0.2, 0) is 0 Å². The Morgan fingerprint density at radius 1 is 0.963 bits per heavy atom. The lowest BCUT2D eigenvalue weighted by atomic mass is 10.2. The maximum Gasteiger partial charge on any atom is 0.353 e. The fourth-order valence-corrected chi connectivity index (χ4v) is 2.55. The van der Waals surface area contributed by atoms with Crippen LogP contribution in [0.2, 0.25) is 0 Å². The number of ether oxygens (including phenoxy) is 2. The number of fused-ring (bicyclic) bond motifs is 1. The molecule has 0 saturated heterocycles. The van der Waals surface area contributed by atoms with Gasteiger partial charge < -0.3 is 20.1 Å². The Kier molecular flexibility index (Phi) is 4.35. The third-order valence-electron chi connectivity index (χ3n) is 3.72. The van der Waals surface area contributed by atoms with Gasteiger partial charge in [-0.2, -0.15) is 0 Å². The van der Waals surface area contributed by atoms with Crippen molar-refractivity contribution < 1.29 is 14.4 Å². The third kappa shape index (κ3) is 3.54. The van der Waals surface area contributed by atoms with E-state index >= 15 is 0 Å². The van der Waals surface area contributed by atoms with E-state index in [2.05, 4.69) is 25.6 Å². The van der Waals surface area contributed by atoms with Crippen molar-refractivity contribution in [2.75, 3.05) is 23.8 Å². The van der Waals surface area contributed by atoms with Gasteiger partial charge >= 0.3 is 5.69 Å². The SMILES string of the molecule is O=[N+]([O-])c1c(Nc2ccc3c(c2)OCCO3)ncnc1Nc1ccccn1. The van der Waals surface area contributed by atoms with Gasteiger partial charge in [-0.3, -0.25) is 10.1 Å². The number of anilines is 4. The first-order chi connectivity index (χ1) is 13.2. The molecule has 3 aromatic rings. The Morgan fingerprint density at radius 2 is 1.74 bits per heavy atom. The van der Waals surface area contributed by atoms with E-state index in [9.17, 15) is 10.1 Å². The number of hydrogen-bond acceptors (Lipinski definition) is 9. The van der Waals surface area contributed by atoms with E-state index in [1.807, 2.05) is 0 Å². The number of rotatable bonds is 5. The average Bonchev–Trinajstić information content (AvgIpc) is 2.68. The van der Waals surface area contributed by atoms with Crippen molar-refractivity contribution in [3.63, 3.8) is 0 Å². The normalized spacial score (nSPS) is 12.3. The molecule has 0 atom stereocenters. The maximum absolute atomic E-state index is 11.6. The standard InChI is InChI=1S/C17H14N6O4/c24-23(25)15-16(19-10-20-17(15)22-14-3-1-2-6-18-14)21-11-4-5-12-13(9-11)27-8-7-26-12/h1-6,9-10H,7-8H2,(H2,18,19,20,21,22). The maximum atomic E-state index is 11.6. The summed E-state index contributed by atoms with van der Waals surface area (Å²) in [5.41, 5.74) is 0.280. The molecule has 2 N–H and O–H groups in total. The van der Waals surface area contributed by atoms with Gasteiger partial charge in [0.25, 0.3) is 0 Å². The minimum Gasteiger partial charge on any atom is -0.486 e. The Hall–Kier alpha value is -3.95. The molecule has 0 unspecified atom stereocenters. The Bertz CT molecular complexity index is 982. The highest BCUT2D eigenvalue weighted by molar-refractivity contribution is 5.76. The van der Waals surface area contributed by atoms with Gasteiger partial charge in [-0.15, -0.1) is 0 Å². The lowest BCUT2D eigenvalue weighted by molar-refractivity contribution is -0.383. The van der Waals surface area contributed by atoms with Crippen LogP contribution in [0.4, 0.5) is 28.8 Å². The number of nitro groups is 1. The molecule has 1 aliphatic rings. The van der Waals surface area contributed by atoms with Crippen molar-refractivity contribution in [2.45, 2.75) is 0 Å². The van der Waals surface area contributed by atoms with E-state index in [4.69, 9.17) is 9.47 Å². The molecule has 4 rings (SSSR count). The molecule has 10 heteroatoms. The molecule has 1 aromatic carbocycles. The molecule has 0 aliphatic carbocycles. The molecule has 3 heterocycles. The molecule has 0 amide bonds. The van der Waals surface area contributed by atoms with Crippen molar-refractivity contribution in [1.29, 1.82) is 0 Å². The molecular weight excluding hydrogens is 352 g/mol. The molecule has 0 saturated carbocycles. The predicted molar refractivity (Wildman–Crippen MR) is 96.9 cm³/mol. The minimum absolute atomic E-state index is 0.0359. The van der Waals surface area contributed by atoms with Gasteiger partial charge in [0.2, 0.25) is 11.6 Å². The van der Waals surface area contributed by atoms with Crippen LogP contribution in [0.1, 0.15) is 0 Å². The molecule has 0 spiro atoms. The van der Waals surface area contributed by atoms with Gasteiger partial charge in [0.15, 0.2) is 11.5 Å². The smallest absolute Gasteiger partial charge is 0.353 e. The summed E-state index contributed by atoms with van der Waals surface area (Å²) >= 11 is 0. The summed E-state index contributed by atoms with van der Waals surface area (Å²) in [4.78, 5) is 23.2. The zero-order valence-electron chi connectivity index (χ0n) is 14.0. The Morgan fingerprint density at radius 3 is 2.48 bits per heavy atom. The largest absolute Gasteiger partial charge is 0.486 e. The van der Waals surface area contributed by atoms with E-state index in [-0.39, 0.29) is 17.3 Å². The summed E-state index contributed by atoms with van der Waals surface area (Å²) in [6.45, 7) is 0.933. The monoisotopic (exact) mass is 366 g/mol. The predicted octanol–water partition coefficient (Wildman–Crippen LogP) is 3.04. The molecule has 10 nitrogen and oxygen atoms in total. The fraction of sp³-hybridized carbons (Fsp3) is 0.118. The van der Waals surface area contributed by atoms with Crippen LogP contribution in [-0.4, -0.2) is 33.1 Å². The van der Waals surface area contributed by atoms with E-state index in [1.165, 1.54) is 6.33 Å². The van der Waals surface area contributed by atoms with E-state index in [1.54, 1.807) is 42.6 Å². The summed E-state index contributed by atoms with van der Waals surface area (Å²) in [7, 11) is 0. The minimum atomic E-state index is -0.550. The third-order valence-corrected chi connectivity index (χ3v) is 3.72. The second-order valence-electron chi connectivity index (χ2n) is 5.50. The van der Waals surface area contributed by atoms with Crippen LogP contribution in [0.3, 0.4) is 0 Å². The molecule has 136 valence electrons. The Balaban J connectivity index is 1.66. The lowest BCUT2D eigenvalue weighted by Crippen LogP contribution is -2.15. The van der Waals surface area contributed by atoms with E-state index in [0.29, 0.717) is 36.2 Å². The highest BCUT2D eigenvalue weighted by atomic mass is 16.6. The molecule has 27 heavy (non-hydrogen) atoms. The zero-order chi connectivity index (χ0) is 18.6. The summed E-state index contributed by atoms with van der Waals surface area (Å²) < 4.78 is 11.0. The summed E-state index contributed by atoms with van der Waals surface area (Å²) in [6, 6.07) is 10.3. The van der Waals surface area contributed by atoms with Crippen LogP contribution in [0, 0.1) is 10.1 Å². The van der Waals surface area contributed by atoms with Crippen LogP contribution < -0.4 is 20.1 Å². The number of benzene rings is 1. The summed E-state index contributed by atoms with van der Waals surface area (Å²) in [6.07, 6.45) is 2.81. The zero-order valence-corrected chi connectivity index (χ0v) is 14.0. The number of aromatic nitrogens is 3. The van der Waals surface area contributed by atoms with Gasteiger partial charge in [-0.1, -0.05) is 6.07 Å². The first-order valence-corrected chi connectivity index (χ1v) is 8.05. The Labute approximate surface area is 153 Å². The summed E-state index contributed by atoms with van der Waals surface area (Å²) in [5, 5.41) is 17.4. The van der Waals surface area contributed by atoms with Crippen molar-refractivity contribution in [2.24, 2.45) is 0 Å². The highest BCUT2D eigenvalue weighted by Crippen LogP contribution is 2.36. The second kappa shape index (κ2) is 7.12. The molecule has 2 aromatic heterocycles. The highest BCUT2D eigenvalue weighted by Gasteiger charge is 2.24. The number of nitrogens with zero attached hydrogens (tertiary/aromatic N) is 4. The van der Waals surface area contributed by atoms with Crippen LogP contribution in [0.5, 0.6) is 11.5 Å². The number of nitrogens with one attached hydrogen (secondary N) is 2. The molecule has 0 radical (unpaired) electrons. The first kappa shape index (κ1) is 16.5. The van der Waals surface area contributed by atoms with Gasteiger partial charge in [-0.25, -0.2) is 15.0 Å². The summed E-state index contributed by atoms with van der Waals surface area (Å²) in [5.74, 6) is 1.71. The van der Waals surface area contributed by atoms with Gasteiger partial charge in [0.05, 0.1) is 4.92 Å². The molecule has 0 bridgehead atoms. The van der Waals surface area contributed by atoms with Crippen molar-refractivity contribution in [1.82, 2.24) is 15.0 Å². The van der Waals surface area contributed by atoms with E-state index in [0.717, 1.165) is 0 Å². The van der Waals surface area contributed by atoms with Crippen LogP contribution in [0.15, 0.2) is 48.9 Å². The van der Waals surface area contributed by atoms with Crippen LogP contribution >= 0.6 is 0 Å².